The number of fused-ring (bicyclic) bond motifs is 3. The number of nitrogen functional groups attached to an aromatic ring is 1. The van der Waals surface area contributed by atoms with Crippen molar-refractivity contribution in [2.24, 2.45) is 0 Å². The van der Waals surface area contributed by atoms with Gasteiger partial charge in [0.05, 0.1) is 11.9 Å². The largest absolute Gasteiger partial charge is 0.382 e. The lowest BCUT2D eigenvalue weighted by Gasteiger charge is -2.15. The maximum Gasteiger partial charge on any atom is 0.167 e. The molecule has 0 unspecified atom stereocenters. The van der Waals surface area contributed by atoms with Gasteiger partial charge in [-0.15, -0.1) is 0 Å². The predicted molar refractivity (Wildman–Crippen MR) is 110 cm³/mol. The number of aryl methyl sites for hydroxylation is 2. The minimum atomic E-state index is 0.403. The molecule has 0 amide bonds. The predicted octanol–water partition coefficient (Wildman–Crippen LogP) is 3.98. The summed E-state index contributed by atoms with van der Waals surface area (Å²) in [7, 11) is 0. The van der Waals surface area contributed by atoms with E-state index < -0.39 is 0 Å². The number of nitrogens with zero attached hydrogens (tertiary/aromatic N) is 6. The standard InChI is InChI=1S/C20H16ClN7/c1-11-4-3-5-14(21)17(11)13-6-15-20(26-19(13)27-8-12(2)24-10-27)28-9-23-7-16(28)18(22)25-15/h3-10H,1-2H3,(H2,22,25). The van der Waals surface area contributed by atoms with E-state index in [-0.39, 0.29) is 0 Å². The molecule has 0 atom stereocenters. The highest BCUT2D eigenvalue weighted by Crippen LogP contribution is 2.36. The van der Waals surface area contributed by atoms with Crippen molar-refractivity contribution >= 4 is 34.1 Å². The van der Waals surface area contributed by atoms with Gasteiger partial charge in [0.2, 0.25) is 0 Å². The van der Waals surface area contributed by atoms with Crippen molar-refractivity contribution in [3.8, 4) is 16.9 Å². The van der Waals surface area contributed by atoms with Crippen LogP contribution in [0.5, 0.6) is 0 Å². The summed E-state index contributed by atoms with van der Waals surface area (Å²) in [5.74, 6) is 1.12. The molecule has 4 aromatic heterocycles. The quantitative estimate of drug-likeness (QED) is 0.493. The zero-order chi connectivity index (χ0) is 19.4. The molecular weight excluding hydrogens is 374 g/mol. The molecule has 2 N–H and O–H groups in total. The Morgan fingerprint density at radius 1 is 1.11 bits per heavy atom. The Balaban J connectivity index is 1.94. The topological polar surface area (TPSA) is 86.9 Å². The smallest absolute Gasteiger partial charge is 0.167 e. The third-order valence-electron chi connectivity index (χ3n) is 4.78. The molecule has 5 aromatic rings. The molecule has 4 heterocycles. The second kappa shape index (κ2) is 6.03. The SMILES string of the molecule is Cc1cn(-c2nc3c(cc2-c2c(C)cccc2Cl)nc(N)c2cncn23)cn1. The van der Waals surface area contributed by atoms with Crippen LogP contribution in [0.15, 0.2) is 49.3 Å². The maximum atomic E-state index is 6.58. The molecule has 0 aliphatic rings. The molecule has 8 heteroatoms. The number of anilines is 1. The average Bonchev–Trinajstić information content (AvgIpc) is 3.31. The summed E-state index contributed by atoms with van der Waals surface area (Å²) >= 11 is 6.58. The molecule has 0 spiro atoms. The number of hydrogen-bond donors (Lipinski definition) is 1. The van der Waals surface area contributed by atoms with Crippen LogP contribution in [0.3, 0.4) is 0 Å². The summed E-state index contributed by atoms with van der Waals surface area (Å²) in [6.45, 7) is 3.96. The third kappa shape index (κ3) is 2.44. The van der Waals surface area contributed by atoms with E-state index in [1.54, 1.807) is 18.9 Å². The summed E-state index contributed by atoms with van der Waals surface area (Å²) in [6.07, 6.45) is 7.04. The Labute approximate surface area is 165 Å². The molecular formula is C20H16ClN7. The molecule has 0 fully saturated rings. The number of halogens is 1. The van der Waals surface area contributed by atoms with Gasteiger partial charge in [-0.05, 0) is 31.5 Å². The zero-order valence-electron chi connectivity index (χ0n) is 15.3. The van der Waals surface area contributed by atoms with Crippen molar-refractivity contribution in [1.29, 1.82) is 0 Å². The molecule has 28 heavy (non-hydrogen) atoms. The molecule has 0 bridgehead atoms. The highest BCUT2D eigenvalue weighted by atomic mass is 35.5. The highest BCUT2D eigenvalue weighted by molar-refractivity contribution is 6.33. The number of rotatable bonds is 2. The Morgan fingerprint density at radius 3 is 2.71 bits per heavy atom. The van der Waals surface area contributed by atoms with E-state index in [4.69, 9.17) is 22.3 Å². The minimum Gasteiger partial charge on any atom is -0.382 e. The molecule has 7 nitrogen and oxygen atoms in total. The van der Waals surface area contributed by atoms with Crippen molar-refractivity contribution in [2.45, 2.75) is 13.8 Å². The fraction of sp³-hybridized carbons (Fsp3) is 0.100. The van der Waals surface area contributed by atoms with Crippen LogP contribution in [-0.4, -0.2) is 28.9 Å². The average molecular weight is 390 g/mol. The molecule has 0 saturated heterocycles. The van der Waals surface area contributed by atoms with Crippen LogP contribution in [0.1, 0.15) is 11.3 Å². The van der Waals surface area contributed by atoms with E-state index in [0.717, 1.165) is 27.9 Å². The van der Waals surface area contributed by atoms with E-state index in [1.807, 2.05) is 53.3 Å². The lowest BCUT2D eigenvalue weighted by Crippen LogP contribution is -2.05. The van der Waals surface area contributed by atoms with Crippen LogP contribution < -0.4 is 5.73 Å². The monoisotopic (exact) mass is 389 g/mol. The van der Waals surface area contributed by atoms with Gasteiger partial charge in [-0.3, -0.25) is 8.97 Å². The van der Waals surface area contributed by atoms with E-state index in [9.17, 15) is 0 Å². The first-order valence-corrected chi connectivity index (χ1v) is 9.09. The summed E-state index contributed by atoms with van der Waals surface area (Å²) in [5, 5.41) is 0.649. The van der Waals surface area contributed by atoms with Crippen molar-refractivity contribution < 1.29 is 0 Å². The molecule has 0 radical (unpaired) electrons. The lowest BCUT2D eigenvalue weighted by molar-refractivity contribution is 0.993. The van der Waals surface area contributed by atoms with Crippen LogP contribution in [0.2, 0.25) is 5.02 Å². The van der Waals surface area contributed by atoms with Crippen LogP contribution in [-0.2, 0) is 0 Å². The number of benzene rings is 1. The maximum absolute atomic E-state index is 6.58. The Hall–Kier alpha value is -3.45. The molecule has 0 saturated carbocycles. The van der Waals surface area contributed by atoms with Crippen molar-refractivity contribution in [3.63, 3.8) is 0 Å². The van der Waals surface area contributed by atoms with Gasteiger partial charge in [-0.2, -0.15) is 0 Å². The Kier molecular flexibility index (Phi) is 3.60. The number of aromatic nitrogens is 6. The lowest BCUT2D eigenvalue weighted by atomic mass is 10.0. The van der Waals surface area contributed by atoms with Crippen LogP contribution >= 0.6 is 11.6 Å². The van der Waals surface area contributed by atoms with E-state index in [0.29, 0.717) is 27.8 Å². The van der Waals surface area contributed by atoms with Crippen molar-refractivity contribution in [3.05, 3.63) is 65.6 Å². The fourth-order valence-corrected chi connectivity index (χ4v) is 3.80. The summed E-state index contributed by atoms with van der Waals surface area (Å²) < 4.78 is 3.74. The summed E-state index contributed by atoms with van der Waals surface area (Å²) in [4.78, 5) is 18.0. The van der Waals surface area contributed by atoms with Gasteiger partial charge in [-0.1, -0.05) is 23.7 Å². The van der Waals surface area contributed by atoms with Crippen LogP contribution in [0, 0.1) is 13.8 Å². The fourth-order valence-electron chi connectivity index (χ4n) is 3.47. The highest BCUT2D eigenvalue weighted by Gasteiger charge is 2.18. The second-order valence-electron chi connectivity index (χ2n) is 6.70. The summed E-state index contributed by atoms with van der Waals surface area (Å²) in [6, 6.07) is 7.80. The van der Waals surface area contributed by atoms with Gasteiger partial charge in [0.1, 0.15) is 35.3 Å². The minimum absolute atomic E-state index is 0.403. The van der Waals surface area contributed by atoms with E-state index in [1.165, 1.54) is 0 Å². The zero-order valence-corrected chi connectivity index (χ0v) is 16.0. The van der Waals surface area contributed by atoms with Crippen molar-refractivity contribution in [1.82, 2.24) is 28.9 Å². The first-order valence-electron chi connectivity index (χ1n) is 8.71. The first-order chi connectivity index (χ1) is 13.5. The van der Waals surface area contributed by atoms with E-state index in [2.05, 4.69) is 15.0 Å². The number of nitrogens with two attached hydrogens (primary N) is 1. The second-order valence-corrected chi connectivity index (χ2v) is 7.11. The van der Waals surface area contributed by atoms with Gasteiger partial charge in [0.25, 0.3) is 0 Å². The van der Waals surface area contributed by atoms with Crippen LogP contribution in [0.25, 0.3) is 33.6 Å². The number of pyridine rings is 1. The summed E-state index contributed by atoms with van der Waals surface area (Å²) in [5.41, 5.74) is 11.9. The van der Waals surface area contributed by atoms with Crippen LogP contribution in [0.4, 0.5) is 5.82 Å². The van der Waals surface area contributed by atoms with Gasteiger partial charge < -0.3 is 5.73 Å². The Morgan fingerprint density at radius 2 is 1.96 bits per heavy atom. The van der Waals surface area contributed by atoms with Gasteiger partial charge in [0, 0.05) is 22.3 Å². The molecule has 5 rings (SSSR count). The van der Waals surface area contributed by atoms with Gasteiger partial charge >= 0.3 is 0 Å². The van der Waals surface area contributed by atoms with E-state index >= 15 is 0 Å². The Bertz CT molecular complexity index is 1350. The first kappa shape index (κ1) is 16.7. The normalized spacial score (nSPS) is 11.5. The number of hydrogen-bond acceptors (Lipinski definition) is 5. The number of imidazole rings is 2. The molecule has 138 valence electrons. The molecule has 0 aliphatic heterocycles. The molecule has 0 aliphatic carbocycles. The van der Waals surface area contributed by atoms with Crippen molar-refractivity contribution in [2.75, 3.05) is 5.73 Å². The van der Waals surface area contributed by atoms with Gasteiger partial charge in [0.15, 0.2) is 5.65 Å². The van der Waals surface area contributed by atoms with Gasteiger partial charge in [-0.25, -0.2) is 19.9 Å². The third-order valence-corrected chi connectivity index (χ3v) is 5.10. The molecule has 1 aromatic carbocycles.